The third-order valence-electron chi connectivity index (χ3n) is 5.18. The van der Waals surface area contributed by atoms with Crippen molar-refractivity contribution in [2.75, 3.05) is 40.3 Å². The van der Waals surface area contributed by atoms with Gasteiger partial charge >= 0.3 is 0 Å². The molecule has 2 aromatic rings. The highest BCUT2D eigenvalue weighted by molar-refractivity contribution is 5.28. The van der Waals surface area contributed by atoms with Crippen molar-refractivity contribution in [3.8, 4) is 5.75 Å². The van der Waals surface area contributed by atoms with Crippen LogP contribution in [0.4, 0.5) is 0 Å². The Kier molecular flexibility index (Phi) is 7.10. The SMILES string of the molecule is CN(C)[C@H]1CCN(CCOc2ccc(C[CH]Cc3ccccc3)cc2)C1. The summed E-state index contributed by atoms with van der Waals surface area (Å²) in [5.74, 6) is 0.972. The Hall–Kier alpha value is -1.84. The van der Waals surface area contributed by atoms with Gasteiger partial charge in [0.05, 0.1) is 0 Å². The third-order valence-corrected chi connectivity index (χ3v) is 5.18. The lowest BCUT2D eigenvalue weighted by atomic mass is 10.0. The van der Waals surface area contributed by atoms with Crippen molar-refractivity contribution in [1.29, 1.82) is 0 Å². The summed E-state index contributed by atoms with van der Waals surface area (Å²) >= 11 is 0. The summed E-state index contributed by atoms with van der Waals surface area (Å²) in [5, 5.41) is 0. The molecule has 3 heteroatoms. The number of benzene rings is 2. The normalized spacial score (nSPS) is 17.7. The molecular weight excluding hydrogens is 320 g/mol. The second-order valence-corrected chi connectivity index (χ2v) is 7.38. The summed E-state index contributed by atoms with van der Waals surface area (Å²) in [7, 11) is 4.34. The lowest BCUT2D eigenvalue weighted by molar-refractivity contribution is 0.220. The zero-order valence-electron chi connectivity index (χ0n) is 16.1. The molecule has 139 valence electrons. The predicted octanol–water partition coefficient (Wildman–Crippen LogP) is 3.69. The average Bonchev–Trinajstić information content (AvgIpc) is 3.13. The fourth-order valence-corrected chi connectivity index (χ4v) is 3.47. The van der Waals surface area contributed by atoms with Crippen molar-refractivity contribution in [2.45, 2.75) is 25.3 Å². The second-order valence-electron chi connectivity index (χ2n) is 7.38. The fourth-order valence-electron chi connectivity index (χ4n) is 3.47. The molecule has 1 atom stereocenters. The highest BCUT2D eigenvalue weighted by Crippen LogP contribution is 2.16. The van der Waals surface area contributed by atoms with Crippen LogP contribution < -0.4 is 4.74 Å². The van der Waals surface area contributed by atoms with E-state index in [2.05, 4.69) is 84.9 Å². The van der Waals surface area contributed by atoms with E-state index in [0.717, 1.165) is 38.3 Å². The molecule has 1 fully saturated rings. The van der Waals surface area contributed by atoms with Gasteiger partial charge in [-0.15, -0.1) is 0 Å². The summed E-state index contributed by atoms with van der Waals surface area (Å²) < 4.78 is 5.93. The molecule has 3 rings (SSSR count). The van der Waals surface area contributed by atoms with Crippen LogP contribution in [0.15, 0.2) is 54.6 Å². The molecule has 0 N–H and O–H groups in total. The first-order valence-electron chi connectivity index (χ1n) is 9.67. The summed E-state index contributed by atoms with van der Waals surface area (Å²) in [5.41, 5.74) is 2.70. The molecule has 0 spiro atoms. The fraction of sp³-hybridized carbons (Fsp3) is 0.435. The monoisotopic (exact) mass is 351 g/mol. The predicted molar refractivity (Wildman–Crippen MR) is 109 cm³/mol. The number of nitrogens with zero attached hydrogens (tertiary/aromatic N) is 2. The molecule has 1 saturated heterocycles. The standard InChI is InChI=1S/C23H31N2O/c1-24(2)22-15-16-25(19-22)17-18-26-23-13-11-21(12-14-23)10-6-9-20-7-4-3-5-8-20/h3-8,11-14,22H,9-10,15-19H2,1-2H3/t22-/m0/s1. The molecule has 0 aliphatic carbocycles. The van der Waals surface area contributed by atoms with Gasteiger partial charge in [-0.2, -0.15) is 0 Å². The number of likely N-dealkylation sites (tertiary alicyclic amines) is 1. The van der Waals surface area contributed by atoms with E-state index >= 15 is 0 Å². The molecule has 1 aliphatic rings. The molecule has 3 nitrogen and oxygen atoms in total. The van der Waals surface area contributed by atoms with Crippen LogP contribution in [-0.4, -0.2) is 56.2 Å². The summed E-state index contributed by atoms with van der Waals surface area (Å²) in [6.07, 6.45) is 5.61. The van der Waals surface area contributed by atoms with Gasteiger partial charge in [0, 0.05) is 19.1 Å². The van der Waals surface area contributed by atoms with Crippen LogP contribution >= 0.6 is 0 Å². The Bertz CT molecular complexity index is 639. The lowest BCUT2D eigenvalue weighted by Crippen LogP contribution is -2.33. The lowest BCUT2D eigenvalue weighted by Gasteiger charge is -2.20. The van der Waals surface area contributed by atoms with E-state index in [-0.39, 0.29) is 0 Å². The minimum absolute atomic E-state index is 0.696. The molecule has 0 bridgehead atoms. The Morgan fingerprint density at radius 3 is 2.35 bits per heavy atom. The van der Waals surface area contributed by atoms with E-state index in [1.54, 1.807) is 0 Å². The van der Waals surface area contributed by atoms with Gasteiger partial charge in [0.1, 0.15) is 12.4 Å². The van der Waals surface area contributed by atoms with Gasteiger partial charge in [0.15, 0.2) is 0 Å². The third kappa shape index (κ3) is 5.86. The first kappa shape index (κ1) is 18.9. The summed E-state index contributed by atoms with van der Waals surface area (Å²) in [4.78, 5) is 4.83. The molecular formula is C23H31N2O. The number of likely N-dealkylation sites (N-methyl/N-ethyl adjacent to an activating group) is 1. The van der Waals surface area contributed by atoms with Crippen LogP contribution in [0.3, 0.4) is 0 Å². The molecule has 1 heterocycles. The number of ether oxygens (including phenoxy) is 1. The summed E-state index contributed by atoms with van der Waals surface area (Å²) in [6.45, 7) is 4.12. The molecule has 1 radical (unpaired) electrons. The topological polar surface area (TPSA) is 15.7 Å². The van der Waals surface area contributed by atoms with E-state index in [9.17, 15) is 0 Å². The Morgan fingerprint density at radius 1 is 1.00 bits per heavy atom. The van der Waals surface area contributed by atoms with Gasteiger partial charge in [0.2, 0.25) is 0 Å². The first-order chi connectivity index (χ1) is 12.7. The summed E-state index contributed by atoms with van der Waals surface area (Å²) in [6, 6.07) is 19.8. The zero-order valence-corrected chi connectivity index (χ0v) is 16.1. The minimum Gasteiger partial charge on any atom is -0.492 e. The van der Waals surface area contributed by atoms with Crippen LogP contribution in [0.2, 0.25) is 0 Å². The van der Waals surface area contributed by atoms with Crippen molar-refractivity contribution < 1.29 is 4.74 Å². The van der Waals surface area contributed by atoms with Crippen molar-refractivity contribution in [3.63, 3.8) is 0 Å². The quantitative estimate of drug-likeness (QED) is 0.685. The molecule has 1 aliphatic heterocycles. The van der Waals surface area contributed by atoms with Crippen LogP contribution in [0.1, 0.15) is 17.5 Å². The van der Waals surface area contributed by atoms with Crippen LogP contribution in [-0.2, 0) is 12.8 Å². The van der Waals surface area contributed by atoms with Crippen molar-refractivity contribution in [1.82, 2.24) is 9.80 Å². The van der Waals surface area contributed by atoms with E-state index < -0.39 is 0 Å². The Balaban J connectivity index is 1.34. The molecule has 2 aromatic carbocycles. The van der Waals surface area contributed by atoms with Gasteiger partial charge in [-0.1, -0.05) is 42.5 Å². The second kappa shape index (κ2) is 9.75. The largest absolute Gasteiger partial charge is 0.492 e. The van der Waals surface area contributed by atoms with E-state index in [1.165, 1.54) is 24.1 Å². The van der Waals surface area contributed by atoms with Gasteiger partial charge < -0.3 is 9.64 Å². The Morgan fingerprint density at radius 2 is 1.69 bits per heavy atom. The van der Waals surface area contributed by atoms with Crippen molar-refractivity contribution >= 4 is 0 Å². The molecule has 0 aromatic heterocycles. The number of hydrogen-bond acceptors (Lipinski definition) is 3. The molecule has 0 saturated carbocycles. The van der Waals surface area contributed by atoms with E-state index in [1.807, 2.05) is 0 Å². The molecule has 0 unspecified atom stereocenters. The van der Waals surface area contributed by atoms with Crippen LogP contribution in [0.5, 0.6) is 5.75 Å². The molecule has 26 heavy (non-hydrogen) atoms. The average molecular weight is 352 g/mol. The zero-order chi connectivity index (χ0) is 18.2. The highest BCUT2D eigenvalue weighted by Gasteiger charge is 2.23. The highest BCUT2D eigenvalue weighted by atomic mass is 16.5. The number of hydrogen-bond donors (Lipinski definition) is 0. The van der Waals surface area contributed by atoms with Crippen LogP contribution in [0.25, 0.3) is 0 Å². The van der Waals surface area contributed by atoms with E-state index in [4.69, 9.17) is 4.74 Å². The Labute approximate surface area is 158 Å². The minimum atomic E-state index is 0.696. The van der Waals surface area contributed by atoms with E-state index in [0.29, 0.717) is 6.04 Å². The maximum Gasteiger partial charge on any atom is 0.119 e. The maximum absolute atomic E-state index is 5.93. The first-order valence-corrected chi connectivity index (χ1v) is 9.67. The maximum atomic E-state index is 5.93. The van der Waals surface area contributed by atoms with Crippen molar-refractivity contribution in [2.24, 2.45) is 0 Å². The van der Waals surface area contributed by atoms with Crippen LogP contribution in [0, 0.1) is 6.42 Å². The van der Waals surface area contributed by atoms with Gasteiger partial charge in [-0.3, -0.25) is 4.90 Å². The van der Waals surface area contributed by atoms with Gasteiger partial charge in [-0.25, -0.2) is 0 Å². The smallest absolute Gasteiger partial charge is 0.119 e. The van der Waals surface area contributed by atoms with Crippen molar-refractivity contribution in [3.05, 3.63) is 72.1 Å². The molecule has 0 amide bonds. The van der Waals surface area contributed by atoms with Gasteiger partial charge in [0.25, 0.3) is 0 Å². The number of rotatable bonds is 9. The van der Waals surface area contributed by atoms with Gasteiger partial charge in [-0.05, 0) is 69.6 Å².